The molecule has 84 valence electrons. The van der Waals surface area contributed by atoms with E-state index in [0.29, 0.717) is 0 Å². The minimum absolute atomic E-state index is 0.157. The van der Waals surface area contributed by atoms with E-state index in [1.807, 2.05) is 12.1 Å². The Morgan fingerprint density at radius 2 is 2.06 bits per heavy atom. The van der Waals surface area contributed by atoms with E-state index < -0.39 is 0 Å². The van der Waals surface area contributed by atoms with Crippen LogP contribution in [-0.2, 0) is 10.2 Å². The fourth-order valence-corrected chi connectivity index (χ4v) is 3.06. The molecular formula is C13H15NO2. The van der Waals surface area contributed by atoms with Crippen molar-refractivity contribution in [3.05, 3.63) is 23.8 Å². The predicted molar refractivity (Wildman–Crippen MR) is 61.8 cm³/mol. The maximum absolute atomic E-state index is 12.2. The SMILES string of the molecule is COc1cccc2c1NC(=O)C21CCCC1. The smallest absolute Gasteiger partial charge is 0.235 e. The Bertz CT molecular complexity index is 447. The molecule has 0 saturated heterocycles. The summed E-state index contributed by atoms with van der Waals surface area (Å²) in [5, 5.41) is 2.99. The molecule has 1 spiro atoms. The van der Waals surface area contributed by atoms with Crippen LogP contribution in [0.25, 0.3) is 0 Å². The summed E-state index contributed by atoms with van der Waals surface area (Å²) in [5.41, 5.74) is 1.76. The van der Waals surface area contributed by atoms with Gasteiger partial charge in [0.05, 0.1) is 18.2 Å². The van der Waals surface area contributed by atoms with E-state index in [9.17, 15) is 4.79 Å². The summed E-state index contributed by atoms with van der Waals surface area (Å²) in [6, 6.07) is 5.92. The van der Waals surface area contributed by atoms with Gasteiger partial charge in [-0.3, -0.25) is 4.79 Å². The van der Waals surface area contributed by atoms with Crippen LogP contribution in [0, 0.1) is 0 Å². The van der Waals surface area contributed by atoms with E-state index in [0.717, 1.165) is 42.7 Å². The van der Waals surface area contributed by atoms with Gasteiger partial charge in [-0.2, -0.15) is 0 Å². The van der Waals surface area contributed by atoms with Crippen LogP contribution in [0.1, 0.15) is 31.2 Å². The number of amides is 1. The molecule has 3 rings (SSSR count). The quantitative estimate of drug-likeness (QED) is 0.784. The van der Waals surface area contributed by atoms with Crippen molar-refractivity contribution in [3.63, 3.8) is 0 Å². The van der Waals surface area contributed by atoms with Gasteiger partial charge in [0, 0.05) is 0 Å². The Hall–Kier alpha value is -1.51. The normalized spacial score (nSPS) is 20.9. The highest BCUT2D eigenvalue weighted by Crippen LogP contribution is 2.51. The van der Waals surface area contributed by atoms with Crippen molar-refractivity contribution < 1.29 is 9.53 Å². The number of methoxy groups -OCH3 is 1. The Labute approximate surface area is 94.8 Å². The molecule has 0 aromatic heterocycles. The Balaban J connectivity index is 2.18. The fraction of sp³-hybridized carbons (Fsp3) is 0.462. The lowest BCUT2D eigenvalue weighted by atomic mass is 9.80. The summed E-state index contributed by atoms with van der Waals surface area (Å²) in [6.45, 7) is 0. The topological polar surface area (TPSA) is 38.3 Å². The molecule has 0 bridgehead atoms. The number of ether oxygens (including phenoxy) is 1. The van der Waals surface area contributed by atoms with Crippen molar-refractivity contribution in [3.8, 4) is 5.75 Å². The van der Waals surface area contributed by atoms with E-state index in [2.05, 4.69) is 11.4 Å². The molecule has 3 nitrogen and oxygen atoms in total. The lowest BCUT2D eigenvalue weighted by molar-refractivity contribution is -0.120. The molecule has 1 aliphatic carbocycles. The van der Waals surface area contributed by atoms with Gasteiger partial charge >= 0.3 is 0 Å². The molecular weight excluding hydrogens is 202 g/mol. The molecule has 1 aromatic carbocycles. The zero-order chi connectivity index (χ0) is 11.2. The molecule has 1 amide bonds. The Morgan fingerprint density at radius 1 is 1.31 bits per heavy atom. The van der Waals surface area contributed by atoms with Gasteiger partial charge in [0.15, 0.2) is 0 Å². The number of carbonyl (C=O) groups is 1. The fourth-order valence-electron chi connectivity index (χ4n) is 3.06. The molecule has 0 radical (unpaired) electrons. The van der Waals surface area contributed by atoms with Gasteiger partial charge in [0.25, 0.3) is 0 Å². The number of benzene rings is 1. The first-order valence-electron chi connectivity index (χ1n) is 5.77. The number of rotatable bonds is 1. The first kappa shape index (κ1) is 9.70. The molecule has 0 unspecified atom stereocenters. The average molecular weight is 217 g/mol. The van der Waals surface area contributed by atoms with Crippen LogP contribution in [0.5, 0.6) is 5.75 Å². The third-order valence-corrected chi connectivity index (χ3v) is 3.89. The maximum atomic E-state index is 12.2. The number of hydrogen-bond acceptors (Lipinski definition) is 2. The highest BCUT2D eigenvalue weighted by molar-refractivity contribution is 6.07. The molecule has 1 N–H and O–H groups in total. The molecule has 1 fully saturated rings. The van der Waals surface area contributed by atoms with Gasteiger partial charge in [-0.15, -0.1) is 0 Å². The Kier molecular flexibility index (Phi) is 1.96. The van der Waals surface area contributed by atoms with Crippen LogP contribution in [-0.4, -0.2) is 13.0 Å². The second kappa shape index (κ2) is 3.24. The third-order valence-electron chi connectivity index (χ3n) is 3.89. The number of hydrogen-bond donors (Lipinski definition) is 1. The second-order valence-electron chi connectivity index (χ2n) is 4.63. The molecule has 1 aliphatic heterocycles. The lowest BCUT2D eigenvalue weighted by Crippen LogP contribution is -2.30. The van der Waals surface area contributed by atoms with Gasteiger partial charge in [0.2, 0.25) is 5.91 Å². The monoisotopic (exact) mass is 217 g/mol. The van der Waals surface area contributed by atoms with E-state index in [4.69, 9.17) is 4.74 Å². The van der Waals surface area contributed by atoms with Gasteiger partial charge in [-0.1, -0.05) is 25.0 Å². The number of fused-ring (bicyclic) bond motifs is 2. The molecule has 16 heavy (non-hydrogen) atoms. The van der Waals surface area contributed by atoms with Gasteiger partial charge in [-0.05, 0) is 24.5 Å². The van der Waals surface area contributed by atoms with E-state index in [1.54, 1.807) is 7.11 Å². The van der Waals surface area contributed by atoms with Crippen molar-refractivity contribution in [1.82, 2.24) is 0 Å². The largest absolute Gasteiger partial charge is 0.495 e. The first-order valence-corrected chi connectivity index (χ1v) is 5.77. The average Bonchev–Trinajstić information content (AvgIpc) is 2.88. The Morgan fingerprint density at radius 3 is 2.75 bits per heavy atom. The second-order valence-corrected chi connectivity index (χ2v) is 4.63. The third kappa shape index (κ3) is 1.06. The molecule has 1 saturated carbocycles. The molecule has 1 heterocycles. The van der Waals surface area contributed by atoms with Crippen molar-refractivity contribution >= 4 is 11.6 Å². The van der Waals surface area contributed by atoms with Crippen molar-refractivity contribution in [2.45, 2.75) is 31.1 Å². The minimum Gasteiger partial charge on any atom is -0.495 e. The van der Waals surface area contributed by atoms with Crippen molar-refractivity contribution in [1.29, 1.82) is 0 Å². The van der Waals surface area contributed by atoms with Crippen LogP contribution in [0.2, 0.25) is 0 Å². The number of carbonyl (C=O) groups excluding carboxylic acids is 1. The zero-order valence-corrected chi connectivity index (χ0v) is 9.38. The first-order chi connectivity index (χ1) is 7.78. The molecule has 1 aromatic rings. The van der Waals surface area contributed by atoms with Gasteiger partial charge in [-0.25, -0.2) is 0 Å². The minimum atomic E-state index is -0.260. The van der Waals surface area contributed by atoms with Crippen molar-refractivity contribution in [2.24, 2.45) is 0 Å². The lowest BCUT2D eigenvalue weighted by Gasteiger charge is -2.20. The van der Waals surface area contributed by atoms with Gasteiger partial charge < -0.3 is 10.1 Å². The summed E-state index contributed by atoms with van der Waals surface area (Å²) in [6.07, 6.45) is 4.23. The predicted octanol–water partition coefficient (Wildman–Crippen LogP) is 2.46. The van der Waals surface area contributed by atoms with Crippen LogP contribution in [0.4, 0.5) is 5.69 Å². The highest BCUT2D eigenvalue weighted by Gasteiger charge is 2.49. The summed E-state index contributed by atoms with van der Waals surface area (Å²) in [4.78, 5) is 12.2. The maximum Gasteiger partial charge on any atom is 0.235 e. The highest BCUT2D eigenvalue weighted by atomic mass is 16.5. The van der Waals surface area contributed by atoms with Gasteiger partial charge in [0.1, 0.15) is 5.75 Å². The summed E-state index contributed by atoms with van der Waals surface area (Å²) in [7, 11) is 1.64. The zero-order valence-electron chi connectivity index (χ0n) is 9.38. The van der Waals surface area contributed by atoms with E-state index in [-0.39, 0.29) is 11.3 Å². The van der Waals surface area contributed by atoms with Crippen LogP contribution in [0.15, 0.2) is 18.2 Å². The van der Waals surface area contributed by atoms with Crippen LogP contribution < -0.4 is 10.1 Å². The van der Waals surface area contributed by atoms with Crippen LogP contribution >= 0.6 is 0 Å². The number of nitrogens with one attached hydrogen (secondary N) is 1. The summed E-state index contributed by atoms with van der Waals surface area (Å²) in [5.74, 6) is 0.930. The summed E-state index contributed by atoms with van der Waals surface area (Å²) < 4.78 is 5.29. The molecule has 3 heteroatoms. The standard InChI is InChI=1S/C13H15NO2/c1-16-10-6-4-5-9-11(10)14-12(15)13(9)7-2-3-8-13/h4-6H,2-3,7-8H2,1H3,(H,14,15). The molecule has 0 atom stereocenters. The van der Waals surface area contributed by atoms with Crippen LogP contribution in [0.3, 0.4) is 0 Å². The number of anilines is 1. The van der Waals surface area contributed by atoms with E-state index in [1.165, 1.54) is 0 Å². The van der Waals surface area contributed by atoms with E-state index >= 15 is 0 Å². The summed E-state index contributed by atoms with van der Waals surface area (Å²) >= 11 is 0. The van der Waals surface area contributed by atoms with Crippen molar-refractivity contribution in [2.75, 3.05) is 12.4 Å². The number of para-hydroxylation sites is 1. The molecule has 2 aliphatic rings.